The number of methoxy groups -OCH3 is 1. The Kier molecular flexibility index (Phi) is 5.33. The van der Waals surface area contributed by atoms with Crippen LogP contribution >= 0.6 is 0 Å². The number of benzene rings is 2. The predicted octanol–water partition coefficient (Wildman–Crippen LogP) is 2.08. The topological polar surface area (TPSA) is 59.6 Å². The first-order valence-corrected chi connectivity index (χ1v) is 8.13. The molecule has 1 unspecified atom stereocenters. The zero-order valence-electron chi connectivity index (χ0n) is 13.7. The van der Waals surface area contributed by atoms with Crippen LogP contribution in [-0.2, 0) is 11.2 Å². The number of nitrogens with one attached hydrogen (secondary N) is 2. The fourth-order valence-electron chi connectivity index (χ4n) is 2.78. The first-order chi connectivity index (χ1) is 11.8. The summed E-state index contributed by atoms with van der Waals surface area (Å²) in [7, 11) is 1.65. The summed E-state index contributed by atoms with van der Waals surface area (Å²) in [5.74, 6) is 1.58. The van der Waals surface area contributed by atoms with E-state index in [0.29, 0.717) is 19.7 Å². The molecule has 5 heteroatoms. The molecule has 1 atom stereocenters. The second-order valence-electron chi connectivity index (χ2n) is 5.66. The highest BCUT2D eigenvalue weighted by molar-refractivity contribution is 5.84. The van der Waals surface area contributed by atoms with Gasteiger partial charge >= 0.3 is 0 Å². The number of para-hydroxylation sites is 1. The van der Waals surface area contributed by atoms with Crippen molar-refractivity contribution in [2.24, 2.45) is 0 Å². The molecular formula is C19H22N2O3. The fraction of sp³-hybridized carbons (Fsp3) is 0.316. The van der Waals surface area contributed by atoms with Crippen molar-refractivity contribution in [3.8, 4) is 11.5 Å². The average Bonchev–Trinajstić information content (AvgIpc) is 2.85. The van der Waals surface area contributed by atoms with Crippen LogP contribution in [0.15, 0.2) is 48.5 Å². The molecule has 2 aromatic rings. The zero-order valence-corrected chi connectivity index (χ0v) is 13.7. The van der Waals surface area contributed by atoms with E-state index >= 15 is 0 Å². The van der Waals surface area contributed by atoms with Crippen molar-refractivity contribution < 1.29 is 14.3 Å². The van der Waals surface area contributed by atoms with Gasteiger partial charge in [-0.2, -0.15) is 0 Å². The molecule has 1 heterocycles. The number of carbonyl (C=O) groups is 1. The first-order valence-electron chi connectivity index (χ1n) is 8.13. The molecule has 126 valence electrons. The lowest BCUT2D eigenvalue weighted by Crippen LogP contribution is -2.38. The van der Waals surface area contributed by atoms with E-state index in [-0.39, 0.29) is 11.9 Å². The van der Waals surface area contributed by atoms with Gasteiger partial charge in [0, 0.05) is 18.7 Å². The molecule has 0 fully saturated rings. The van der Waals surface area contributed by atoms with Crippen molar-refractivity contribution in [3.05, 3.63) is 59.7 Å². The summed E-state index contributed by atoms with van der Waals surface area (Å²) >= 11 is 0. The highest BCUT2D eigenvalue weighted by Gasteiger charge is 2.25. The molecular weight excluding hydrogens is 304 g/mol. The van der Waals surface area contributed by atoms with Crippen LogP contribution in [0.5, 0.6) is 11.5 Å². The van der Waals surface area contributed by atoms with Crippen LogP contribution in [-0.4, -0.2) is 32.7 Å². The lowest BCUT2D eigenvalue weighted by Gasteiger charge is -2.17. The normalized spacial score (nSPS) is 16.5. The maximum Gasteiger partial charge on any atom is 0.241 e. The summed E-state index contributed by atoms with van der Waals surface area (Å²) in [6, 6.07) is 15.2. The Balaban J connectivity index is 1.58. The van der Waals surface area contributed by atoms with Crippen molar-refractivity contribution in [3.63, 3.8) is 0 Å². The van der Waals surface area contributed by atoms with Crippen LogP contribution in [0.2, 0.25) is 0 Å². The molecule has 0 bridgehead atoms. The number of ether oxygens (including phenoxy) is 2. The third-order valence-corrected chi connectivity index (χ3v) is 4.07. The lowest BCUT2D eigenvalue weighted by molar-refractivity contribution is -0.123. The van der Waals surface area contributed by atoms with Gasteiger partial charge in [-0.3, -0.25) is 10.1 Å². The van der Waals surface area contributed by atoms with Gasteiger partial charge in [-0.1, -0.05) is 30.3 Å². The van der Waals surface area contributed by atoms with Gasteiger partial charge in [0.15, 0.2) is 0 Å². The molecule has 0 radical (unpaired) electrons. The Morgan fingerprint density at radius 1 is 1.25 bits per heavy atom. The first kappa shape index (κ1) is 16.3. The Labute approximate surface area is 142 Å². The molecule has 0 aliphatic carbocycles. The van der Waals surface area contributed by atoms with Gasteiger partial charge in [-0.15, -0.1) is 0 Å². The lowest BCUT2D eigenvalue weighted by atomic mass is 10.0. The third-order valence-electron chi connectivity index (χ3n) is 4.07. The molecule has 3 rings (SSSR count). The molecule has 0 spiro atoms. The summed E-state index contributed by atoms with van der Waals surface area (Å²) in [4.78, 5) is 12.6. The van der Waals surface area contributed by atoms with Gasteiger partial charge in [0.2, 0.25) is 5.91 Å². The van der Waals surface area contributed by atoms with Crippen molar-refractivity contribution in [1.29, 1.82) is 0 Å². The van der Waals surface area contributed by atoms with Gasteiger partial charge in [-0.05, 0) is 30.2 Å². The Bertz CT molecular complexity index is 685. The van der Waals surface area contributed by atoms with E-state index in [4.69, 9.17) is 9.47 Å². The van der Waals surface area contributed by atoms with Gasteiger partial charge in [0.25, 0.3) is 0 Å². The summed E-state index contributed by atoms with van der Waals surface area (Å²) < 4.78 is 10.8. The molecule has 2 N–H and O–H groups in total. The zero-order chi connectivity index (χ0) is 16.8. The molecule has 0 saturated carbocycles. The molecule has 24 heavy (non-hydrogen) atoms. The minimum atomic E-state index is -0.375. The number of amides is 1. The number of hydrogen-bond acceptors (Lipinski definition) is 4. The highest BCUT2D eigenvalue weighted by atomic mass is 16.5. The average molecular weight is 326 g/mol. The van der Waals surface area contributed by atoms with Crippen molar-refractivity contribution >= 4 is 5.91 Å². The second kappa shape index (κ2) is 7.84. The second-order valence-corrected chi connectivity index (χ2v) is 5.66. The van der Waals surface area contributed by atoms with Crippen LogP contribution in [0.1, 0.15) is 17.2 Å². The molecule has 0 saturated heterocycles. The largest absolute Gasteiger partial charge is 0.497 e. The van der Waals surface area contributed by atoms with Crippen molar-refractivity contribution in [2.75, 3.05) is 26.8 Å². The maximum absolute atomic E-state index is 12.6. The molecule has 1 aliphatic rings. The van der Waals surface area contributed by atoms with E-state index in [1.165, 1.54) is 0 Å². The number of fused-ring (bicyclic) bond motifs is 1. The van der Waals surface area contributed by atoms with Crippen LogP contribution in [0.25, 0.3) is 0 Å². The van der Waals surface area contributed by atoms with E-state index in [1.54, 1.807) is 7.11 Å². The predicted molar refractivity (Wildman–Crippen MR) is 92.4 cm³/mol. The van der Waals surface area contributed by atoms with Crippen LogP contribution in [0, 0.1) is 0 Å². The Morgan fingerprint density at radius 2 is 2.04 bits per heavy atom. The van der Waals surface area contributed by atoms with Gasteiger partial charge in [0.1, 0.15) is 24.1 Å². The summed E-state index contributed by atoms with van der Waals surface area (Å²) in [5.41, 5.74) is 2.05. The number of rotatable bonds is 5. The maximum atomic E-state index is 12.6. The van der Waals surface area contributed by atoms with Crippen molar-refractivity contribution in [2.45, 2.75) is 12.5 Å². The SMILES string of the molecule is COc1ccc(CCNC(=O)C2NCCOc3ccccc32)cc1. The minimum Gasteiger partial charge on any atom is -0.497 e. The van der Waals surface area contributed by atoms with E-state index in [9.17, 15) is 4.79 Å². The minimum absolute atomic E-state index is 0.0264. The highest BCUT2D eigenvalue weighted by Crippen LogP contribution is 2.26. The van der Waals surface area contributed by atoms with Crippen LogP contribution in [0.3, 0.4) is 0 Å². The molecule has 1 aliphatic heterocycles. The Morgan fingerprint density at radius 3 is 2.83 bits per heavy atom. The molecule has 5 nitrogen and oxygen atoms in total. The van der Waals surface area contributed by atoms with Crippen LogP contribution < -0.4 is 20.1 Å². The smallest absolute Gasteiger partial charge is 0.241 e. The fourth-order valence-corrected chi connectivity index (χ4v) is 2.78. The van der Waals surface area contributed by atoms with Gasteiger partial charge < -0.3 is 14.8 Å². The summed E-state index contributed by atoms with van der Waals surface area (Å²) in [6.07, 6.45) is 0.778. The third kappa shape index (κ3) is 3.86. The quantitative estimate of drug-likeness (QED) is 0.883. The summed E-state index contributed by atoms with van der Waals surface area (Å²) in [5, 5.41) is 6.26. The van der Waals surface area contributed by atoms with Gasteiger partial charge in [-0.25, -0.2) is 0 Å². The number of hydrogen-bond donors (Lipinski definition) is 2. The number of carbonyl (C=O) groups excluding carboxylic acids is 1. The molecule has 1 amide bonds. The van der Waals surface area contributed by atoms with E-state index in [2.05, 4.69) is 10.6 Å². The summed E-state index contributed by atoms with van der Waals surface area (Å²) in [6.45, 7) is 1.80. The van der Waals surface area contributed by atoms with Gasteiger partial charge in [0.05, 0.1) is 7.11 Å². The van der Waals surface area contributed by atoms with Crippen molar-refractivity contribution in [1.82, 2.24) is 10.6 Å². The van der Waals surface area contributed by atoms with E-state index < -0.39 is 0 Å². The standard InChI is InChI=1S/C19H22N2O3/c1-23-15-8-6-14(7-9-15)10-11-21-19(22)18-16-4-2-3-5-17(16)24-13-12-20-18/h2-9,18,20H,10-13H2,1H3,(H,21,22). The van der Waals surface area contributed by atoms with Crippen LogP contribution in [0.4, 0.5) is 0 Å². The Hall–Kier alpha value is -2.53. The van der Waals surface area contributed by atoms with E-state index in [1.807, 2.05) is 48.5 Å². The molecule has 0 aromatic heterocycles. The van der Waals surface area contributed by atoms with E-state index in [0.717, 1.165) is 29.0 Å². The molecule has 2 aromatic carbocycles. The monoisotopic (exact) mass is 326 g/mol.